The highest BCUT2D eigenvalue weighted by molar-refractivity contribution is 6.32. The summed E-state index contributed by atoms with van der Waals surface area (Å²) in [4.78, 5) is 82.7. The minimum atomic E-state index is -4.57. The van der Waals surface area contributed by atoms with E-state index in [9.17, 15) is 47.3 Å². The summed E-state index contributed by atoms with van der Waals surface area (Å²) in [7, 11) is 0. The molecule has 102 heavy (non-hydrogen) atoms. The first-order chi connectivity index (χ1) is 48.6. The first kappa shape index (κ1) is 79.9. The second-order valence-electron chi connectivity index (χ2n) is 22.7. The van der Waals surface area contributed by atoms with Crippen molar-refractivity contribution >= 4 is 106 Å². The van der Waals surface area contributed by atoms with Crippen molar-refractivity contribution in [1.29, 1.82) is 0 Å². The predicted molar refractivity (Wildman–Crippen MR) is 394 cm³/mol. The predicted octanol–water partition coefficient (Wildman–Crippen LogP) is 19.5. The number of alkyl halides is 3. The number of amides is 2. The zero-order valence-corrected chi connectivity index (χ0v) is 60.4. The Bertz CT molecular complexity index is 4510. The Labute approximate surface area is 616 Å². The summed E-state index contributed by atoms with van der Waals surface area (Å²) in [6, 6.07) is 42.0. The maximum absolute atomic E-state index is 13.3. The highest BCUT2D eigenvalue weighted by Gasteiger charge is 2.39. The van der Waals surface area contributed by atoms with Crippen molar-refractivity contribution < 1.29 is 61.4 Å². The molecule has 12 rings (SSSR count). The summed E-state index contributed by atoms with van der Waals surface area (Å²) >= 11 is 34.7. The number of aldehydes is 1. The number of esters is 1. The average Bonchev–Trinajstić information content (AvgIpc) is 1.61. The molecule has 27 heteroatoms. The molecule has 0 unspecified atom stereocenters. The van der Waals surface area contributed by atoms with Gasteiger partial charge in [-0.1, -0.05) is 142 Å². The molecule has 0 spiro atoms. The lowest BCUT2D eigenvalue weighted by Crippen LogP contribution is -2.41. The SMILES string of the molecule is C/C(=C\c1ccc(Cl)cc1)[N+](=O)[O-].CCOC(=O)c1[nH]cc(C)c1-c1ccc(Cl)cc1.Cc1c(C(F)(F)F)[nH]c(C(=O)N2CCOCC2)c1-c1ccc(Cl)cc1.Cc1c[nH]c(C(=O)N2CCOCC2)c1-c1ccc(Cl)cc1.Cc1c[nH]c(C(=O)O)c1-c1ccc(Cl)cc1.O=Cc1ccc(Cl)cc1. The van der Waals surface area contributed by atoms with Gasteiger partial charge in [0.05, 0.1) is 38.0 Å². The molecule has 2 aliphatic heterocycles. The Balaban J connectivity index is 0.000000176. The largest absolute Gasteiger partial charge is 0.477 e. The maximum Gasteiger partial charge on any atom is 0.431 e. The lowest BCUT2D eigenvalue weighted by molar-refractivity contribution is -0.422. The van der Waals surface area contributed by atoms with Gasteiger partial charge < -0.3 is 49.1 Å². The molecule has 534 valence electrons. The number of allylic oxidation sites excluding steroid dienone is 1. The normalized spacial score (nSPS) is 12.6. The van der Waals surface area contributed by atoms with Crippen LogP contribution in [0.25, 0.3) is 50.6 Å². The van der Waals surface area contributed by atoms with E-state index < -0.39 is 28.7 Å². The van der Waals surface area contributed by atoms with Gasteiger partial charge in [0.1, 0.15) is 34.8 Å². The van der Waals surface area contributed by atoms with E-state index in [1.807, 2.05) is 80.4 Å². The van der Waals surface area contributed by atoms with Crippen molar-refractivity contribution in [3.05, 3.63) is 272 Å². The number of carboxylic acid groups (broad SMARTS) is 1. The maximum atomic E-state index is 13.3. The quantitative estimate of drug-likeness (QED) is 0.0333. The van der Waals surface area contributed by atoms with Gasteiger partial charge in [-0.25, -0.2) is 9.59 Å². The molecule has 6 aromatic carbocycles. The van der Waals surface area contributed by atoms with Crippen LogP contribution in [0.4, 0.5) is 13.2 Å². The molecule has 10 aromatic rings. The number of rotatable bonds is 12. The highest BCUT2D eigenvalue weighted by Crippen LogP contribution is 2.40. The van der Waals surface area contributed by atoms with Gasteiger partial charge in [0.25, 0.3) is 11.8 Å². The molecule has 0 aliphatic carbocycles. The zero-order valence-electron chi connectivity index (χ0n) is 55.9. The van der Waals surface area contributed by atoms with Crippen LogP contribution in [0.1, 0.15) is 99.7 Å². The van der Waals surface area contributed by atoms with Gasteiger partial charge in [0.15, 0.2) is 0 Å². The number of hydrogen-bond donors (Lipinski definition) is 5. The van der Waals surface area contributed by atoms with Gasteiger partial charge in [-0.3, -0.25) is 24.5 Å². The summed E-state index contributed by atoms with van der Waals surface area (Å²) in [6.45, 7) is 14.7. The van der Waals surface area contributed by atoms with Crippen LogP contribution in [0.3, 0.4) is 0 Å². The zero-order chi connectivity index (χ0) is 74.4. The molecule has 4 aromatic heterocycles. The average molecular weight is 1520 g/mol. The van der Waals surface area contributed by atoms with Gasteiger partial charge in [0, 0.05) is 116 Å². The summed E-state index contributed by atoms with van der Waals surface area (Å²) < 4.78 is 55.5. The second kappa shape index (κ2) is 38.0. The molecule has 0 radical (unpaired) electrons. The number of aromatic nitrogens is 4. The molecule has 6 heterocycles. The standard InChI is InChI=1S/C17H16ClF3N2O2.C16H17ClN2O2.C14H14ClNO2.C12H10ClNO2.C9H8ClNO2.C7H5ClO/c1-10-13(11-2-4-12(18)5-3-11)14(22-15(10)17(19,20)21)16(24)23-6-8-25-9-7-23;1-11-10-18-15(16(20)19-6-8-21-9-7-19)14(11)12-2-4-13(17)5-3-12;1-3-18-14(17)13-12(9(2)8-16-13)10-4-6-11(15)7-5-10;1-7-6-14-11(12(15)16)10(7)8-2-4-9(13)5-3-8;1-7(11(12)13)6-8-2-4-9(10)5-3-8;8-7-3-1-6(5-9)2-4-7/h2-5,22H,6-9H2,1H3;2-5,10,18H,6-9H2,1H3;4-8,16H,3H2,1-2H3;2-6,14H,1H3,(H,15,16);2-6H,1H3;1-5H/b;;;;7-6+;. The van der Waals surface area contributed by atoms with Crippen molar-refractivity contribution in [2.24, 2.45) is 0 Å². The molecule has 5 N–H and O–H groups in total. The molecule has 0 bridgehead atoms. The van der Waals surface area contributed by atoms with E-state index in [2.05, 4.69) is 19.9 Å². The Morgan fingerprint density at radius 3 is 1.21 bits per heavy atom. The number of H-pyrrole nitrogens is 4. The lowest BCUT2D eigenvalue weighted by atomic mass is 10.00. The number of nitro groups is 1. The number of hydrogen-bond acceptors (Lipinski definition) is 10. The summed E-state index contributed by atoms with van der Waals surface area (Å²) in [5.41, 5.74) is 10.9. The molecular formula is C75H70Cl6F3N7O11. The van der Waals surface area contributed by atoms with Gasteiger partial charge in [0.2, 0.25) is 5.70 Å². The van der Waals surface area contributed by atoms with E-state index in [0.29, 0.717) is 117 Å². The van der Waals surface area contributed by atoms with Crippen LogP contribution < -0.4 is 0 Å². The van der Waals surface area contributed by atoms with Crippen LogP contribution in [-0.4, -0.2) is 129 Å². The fraction of sp³-hybridized carbons (Fsp3) is 0.213. The van der Waals surface area contributed by atoms with Crippen molar-refractivity contribution in [1.82, 2.24) is 29.7 Å². The third kappa shape index (κ3) is 22.3. The molecule has 2 aliphatic rings. The van der Waals surface area contributed by atoms with E-state index in [1.54, 1.807) is 116 Å². The lowest BCUT2D eigenvalue weighted by Gasteiger charge is -2.26. The third-order valence-corrected chi connectivity index (χ3v) is 17.1. The molecule has 0 atom stereocenters. The third-order valence-electron chi connectivity index (χ3n) is 15.6. The Morgan fingerprint density at radius 2 is 0.853 bits per heavy atom. The Kier molecular flexibility index (Phi) is 29.8. The van der Waals surface area contributed by atoms with Crippen LogP contribution in [0.2, 0.25) is 30.1 Å². The van der Waals surface area contributed by atoms with Crippen LogP contribution in [-0.2, 0) is 20.4 Å². The van der Waals surface area contributed by atoms with E-state index in [4.69, 9.17) is 88.9 Å². The molecule has 2 saturated heterocycles. The summed E-state index contributed by atoms with van der Waals surface area (Å²) in [5, 5.41) is 23.1. The van der Waals surface area contributed by atoms with E-state index in [1.165, 1.54) is 24.8 Å². The number of carboxylic acids is 1. The number of aromatic carboxylic acids is 1. The first-order valence-electron chi connectivity index (χ1n) is 31.4. The fourth-order valence-electron chi connectivity index (χ4n) is 10.5. The Morgan fingerprint density at radius 1 is 0.529 bits per heavy atom. The van der Waals surface area contributed by atoms with E-state index in [0.717, 1.165) is 56.4 Å². The van der Waals surface area contributed by atoms with Crippen molar-refractivity contribution in [3.8, 4) is 44.5 Å². The molecule has 0 saturated carbocycles. The van der Waals surface area contributed by atoms with Crippen LogP contribution >= 0.6 is 69.6 Å². The van der Waals surface area contributed by atoms with Crippen molar-refractivity contribution in [2.45, 2.75) is 47.7 Å². The molecular weight excluding hydrogens is 1440 g/mol. The number of morpholine rings is 2. The topological polar surface area (TPSA) is 246 Å². The van der Waals surface area contributed by atoms with Gasteiger partial charge in [-0.15, -0.1) is 0 Å². The number of ether oxygens (including phenoxy) is 3. The molecule has 2 amide bonds. The van der Waals surface area contributed by atoms with Crippen LogP contribution in [0.15, 0.2) is 170 Å². The van der Waals surface area contributed by atoms with Gasteiger partial charge in [-0.05, 0) is 157 Å². The summed E-state index contributed by atoms with van der Waals surface area (Å²) in [5.74, 6) is -1.74. The highest BCUT2D eigenvalue weighted by atomic mass is 35.5. The minimum absolute atomic E-state index is 0.00793. The number of carbonyl (C=O) groups excluding carboxylic acids is 4. The van der Waals surface area contributed by atoms with Crippen LogP contribution in [0.5, 0.6) is 0 Å². The number of benzene rings is 6. The number of halogens is 9. The van der Waals surface area contributed by atoms with Crippen molar-refractivity contribution in [3.63, 3.8) is 0 Å². The Hall–Kier alpha value is -9.42. The van der Waals surface area contributed by atoms with Crippen LogP contribution in [0, 0.1) is 37.8 Å². The number of aryl methyl sites for hydroxylation is 3. The monoisotopic (exact) mass is 1510 g/mol. The molecule has 18 nitrogen and oxygen atoms in total. The number of carbonyl (C=O) groups is 5. The number of nitrogens with one attached hydrogen (secondary N) is 4. The van der Waals surface area contributed by atoms with E-state index >= 15 is 0 Å². The second-order valence-corrected chi connectivity index (χ2v) is 25.3. The molecule has 2 fully saturated rings. The fourth-order valence-corrected chi connectivity index (χ4v) is 11.2. The van der Waals surface area contributed by atoms with Gasteiger partial charge in [-0.2, -0.15) is 13.2 Å². The van der Waals surface area contributed by atoms with E-state index in [-0.39, 0.29) is 40.1 Å². The smallest absolute Gasteiger partial charge is 0.431 e. The van der Waals surface area contributed by atoms with Crippen molar-refractivity contribution in [2.75, 3.05) is 59.2 Å². The minimum Gasteiger partial charge on any atom is -0.477 e. The summed E-state index contributed by atoms with van der Waals surface area (Å²) in [6.07, 6.45) is 3.07. The number of aromatic amines is 4. The van der Waals surface area contributed by atoms with Gasteiger partial charge >= 0.3 is 18.1 Å². The number of nitrogens with zero attached hydrogens (tertiary/aromatic N) is 3. The first-order valence-corrected chi connectivity index (χ1v) is 33.7.